The Bertz CT molecular complexity index is 1250. The standard InChI is InChI=1S/C34H55N5O7/c1-10-34(9)20-16-39(24(22(20)34)28(42)36-21(15-18-11-12-18)25(40)27(35)41)29(43)26(32(4,5)6)38-31(45)37-23(17(2)3)30(44)46-33(7,8)19-13-14-19/h17-24,26H,10-16H2,1-9H3,(H2,35,41)(H,36,42)(H2,37,38,45)/t20-,21?,22-,23-,24-,26+,34?/m0/s1. The Morgan fingerprint density at radius 2 is 1.57 bits per heavy atom. The van der Waals surface area contributed by atoms with Crippen molar-refractivity contribution in [2.24, 2.45) is 46.2 Å². The van der Waals surface area contributed by atoms with Gasteiger partial charge in [0.25, 0.3) is 5.91 Å². The van der Waals surface area contributed by atoms with E-state index in [0.29, 0.717) is 18.9 Å². The average molecular weight is 646 g/mol. The number of hydrogen-bond acceptors (Lipinski definition) is 7. The number of nitrogens with zero attached hydrogens (tertiary/aromatic N) is 1. The summed E-state index contributed by atoms with van der Waals surface area (Å²) < 4.78 is 5.81. The number of amides is 5. The predicted molar refractivity (Wildman–Crippen MR) is 171 cm³/mol. The van der Waals surface area contributed by atoms with Gasteiger partial charge in [-0.05, 0) is 73.5 Å². The van der Waals surface area contributed by atoms with Crippen molar-refractivity contribution in [3.05, 3.63) is 0 Å². The molecule has 0 spiro atoms. The van der Waals surface area contributed by atoms with E-state index >= 15 is 0 Å². The molecular weight excluding hydrogens is 590 g/mol. The maximum absolute atomic E-state index is 14.3. The zero-order valence-corrected chi connectivity index (χ0v) is 29.0. The molecule has 2 unspecified atom stereocenters. The number of ketones is 1. The number of fused-ring (bicyclic) bond motifs is 1. The van der Waals surface area contributed by atoms with Crippen LogP contribution in [-0.4, -0.2) is 76.7 Å². The second-order valence-electron chi connectivity index (χ2n) is 16.3. The fourth-order valence-corrected chi connectivity index (χ4v) is 7.31. The van der Waals surface area contributed by atoms with Gasteiger partial charge in [-0.3, -0.25) is 19.2 Å². The highest BCUT2D eigenvalue weighted by Crippen LogP contribution is 2.67. The van der Waals surface area contributed by atoms with Crippen molar-refractivity contribution in [2.45, 2.75) is 131 Å². The van der Waals surface area contributed by atoms with Gasteiger partial charge in [-0.1, -0.05) is 67.7 Å². The molecule has 1 saturated heterocycles. The molecule has 0 aromatic carbocycles. The van der Waals surface area contributed by atoms with Crippen molar-refractivity contribution in [3.63, 3.8) is 0 Å². The van der Waals surface area contributed by atoms with Gasteiger partial charge in [0, 0.05) is 6.54 Å². The third-order valence-electron chi connectivity index (χ3n) is 11.0. The molecule has 4 aliphatic rings. The molecule has 4 rings (SSSR count). The number of ether oxygens (including phenoxy) is 1. The van der Waals surface area contributed by atoms with Crippen LogP contribution in [0.1, 0.15) is 101 Å². The molecule has 0 radical (unpaired) electrons. The lowest BCUT2D eigenvalue weighted by atomic mass is 9.85. The van der Waals surface area contributed by atoms with Crippen molar-refractivity contribution in [1.82, 2.24) is 20.9 Å². The van der Waals surface area contributed by atoms with Crippen LogP contribution in [0.2, 0.25) is 0 Å². The van der Waals surface area contributed by atoms with Crippen LogP contribution < -0.4 is 21.7 Å². The van der Waals surface area contributed by atoms with E-state index in [0.717, 1.165) is 32.1 Å². The minimum absolute atomic E-state index is 0.0790. The maximum Gasteiger partial charge on any atom is 0.329 e. The number of Topliss-reactive ketones (excluding diaryl/α,β-unsaturated/α-hetero) is 1. The van der Waals surface area contributed by atoms with Gasteiger partial charge < -0.3 is 31.3 Å². The molecule has 5 amide bonds. The van der Waals surface area contributed by atoms with Crippen LogP contribution in [-0.2, 0) is 28.7 Å². The topological polar surface area (TPSA) is 177 Å². The lowest BCUT2D eigenvalue weighted by molar-refractivity contribution is -0.162. The van der Waals surface area contributed by atoms with E-state index in [4.69, 9.17) is 10.5 Å². The molecule has 1 heterocycles. The van der Waals surface area contributed by atoms with Crippen LogP contribution in [0.5, 0.6) is 0 Å². The summed E-state index contributed by atoms with van der Waals surface area (Å²) in [5, 5.41) is 8.33. The number of likely N-dealkylation sites (tertiary alicyclic amines) is 1. The number of carbonyl (C=O) groups excluding carboxylic acids is 6. The zero-order valence-electron chi connectivity index (χ0n) is 29.0. The number of primary amides is 1. The summed E-state index contributed by atoms with van der Waals surface area (Å²) in [5.41, 5.74) is 3.77. The summed E-state index contributed by atoms with van der Waals surface area (Å²) in [4.78, 5) is 80.8. The number of esters is 1. The van der Waals surface area contributed by atoms with Crippen molar-refractivity contribution in [2.75, 3.05) is 6.54 Å². The molecule has 12 heteroatoms. The number of piperidine rings is 1. The van der Waals surface area contributed by atoms with Gasteiger partial charge in [0.05, 0.1) is 6.04 Å². The highest BCUT2D eigenvalue weighted by atomic mass is 16.6. The third-order valence-corrected chi connectivity index (χ3v) is 11.0. The minimum Gasteiger partial charge on any atom is -0.458 e. The Morgan fingerprint density at radius 1 is 0.957 bits per heavy atom. The molecule has 46 heavy (non-hydrogen) atoms. The molecule has 4 fully saturated rings. The third kappa shape index (κ3) is 7.51. The van der Waals surface area contributed by atoms with Crippen LogP contribution in [0.4, 0.5) is 4.79 Å². The van der Waals surface area contributed by atoms with E-state index < -0.39 is 70.7 Å². The molecule has 1 aliphatic heterocycles. The summed E-state index contributed by atoms with van der Waals surface area (Å²) in [7, 11) is 0. The second-order valence-corrected chi connectivity index (χ2v) is 16.3. The van der Waals surface area contributed by atoms with Crippen molar-refractivity contribution in [3.8, 4) is 0 Å². The van der Waals surface area contributed by atoms with Crippen LogP contribution in [0, 0.1) is 40.4 Å². The molecule has 0 aromatic rings. The SMILES string of the molecule is CCC1(C)[C@@H]2[C@@H](C(=O)NC(CC3CC3)C(=O)C(N)=O)N(C(=O)[C@@H](NC(=O)N[C@H](C(=O)OC(C)(C)C3CC3)C(C)C)C(C)(C)C)C[C@@H]21. The summed E-state index contributed by atoms with van der Waals surface area (Å²) in [6.45, 7) is 17.3. The Kier molecular flexibility index (Phi) is 9.92. The smallest absolute Gasteiger partial charge is 0.329 e. The number of nitrogens with two attached hydrogens (primary N) is 1. The molecule has 3 saturated carbocycles. The number of rotatable bonds is 14. The quantitative estimate of drug-likeness (QED) is 0.166. The van der Waals surface area contributed by atoms with Crippen LogP contribution in [0.3, 0.4) is 0 Å². The fraction of sp³-hybridized carbons (Fsp3) is 0.824. The van der Waals surface area contributed by atoms with Crippen LogP contribution in [0.25, 0.3) is 0 Å². The zero-order chi connectivity index (χ0) is 34.5. The normalized spacial score (nSPS) is 27.6. The highest BCUT2D eigenvalue weighted by molar-refractivity contribution is 6.37. The molecule has 3 aliphatic carbocycles. The van der Waals surface area contributed by atoms with Crippen molar-refractivity contribution < 1.29 is 33.5 Å². The average Bonchev–Trinajstić information content (AvgIpc) is 3.88. The lowest BCUT2D eigenvalue weighted by Crippen LogP contribution is -2.62. The van der Waals surface area contributed by atoms with Gasteiger partial charge in [0.1, 0.15) is 23.7 Å². The molecule has 258 valence electrons. The number of hydrogen-bond donors (Lipinski definition) is 4. The highest BCUT2D eigenvalue weighted by Gasteiger charge is 2.71. The van der Waals surface area contributed by atoms with Gasteiger partial charge in [-0.15, -0.1) is 0 Å². The number of nitrogens with one attached hydrogen (secondary N) is 3. The first-order valence-electron chi connectivity index (χ1n) is 17.0. The van der Waals surface area contributed by atoms with Gasteiger partial charge in [0.2, 0.25) is 17.6 Å². The Hall–Kier alpha value is -3.18. The maximum atomic E-state index is 14.3. The van der Waals surface area contributed by atoms with Gasteiger partial charge in [-0.25, -0.2) is 9.59 Å². The summed E-state index contributed by atoms with van der Waals surface area (Å²) in [6.07, 6.45) is 4.96. The molecule has 12 nitrogen and oxygen atoms in total. The molecule has 0 aromatic heterocycles. The first kappa shape index (κ1) is 35.7. The van der Waals surface area contributed by atoms with Gasteiger partial charge in [-0.2, -0.15) is 0 Å². The van der Waals surface area contributed by atoms with E-state index in [2.05, 4.69) is 29.8 Å². The second kappa shape index (κ2) is 12.8. The summed E-state index contributed by atoms with van der Waals surface area (Å²) in [5.74, 6) is -3.16. The molecule has 7 atom stereocenters. The van der Waals surface area contributed by atoms with Gasteiger partial charge in [0.15, 0.2) is 0 Å². The Balaban J connectivity index is 1.52. The summed E-state index contributed by atoms with van der Waals surface area (Å²) in [6, 6.07) is -4.56. The molecule has 0 bridgehead atoms. The van der Waals surface area contributed by atoms with E-state index in [-0.39, 0.29) is 29.1 Å². The van der Waals surface area contributed by atoms with E-state index in [9.17, 15) is 28.8 Å². The first-order valence-corrected chi connectivity index (χ1v) is 17.0. The molecular formula is C34H55N5O7. The van der Waals surface area contributed by atoms with E-state index in [1.165, 1.54) is 4.90 Å². The monoisotopic (exact) mass is 645 g/mol. The predicted octanol–water partition coefficient (Wildman–Crippen LogP) is 2.67. The lowest BCUT2D eigenvalue weighted by Gasteiger charge is -2.38. The minimum atomic E-state index is -1.10. The Labute approximate surface area is 273 Å². The summed E-state index contributed by atoms with van der Waals surface area (Å²) >= 11 is 0. The van der Waals surface area contributed by atoms with Crippen molar-refractivity contribution >= 4 is 35.5 Å². The largest absolute Gasteiger partial charge is 0.458 e. The van der Waals surface area contributed by atoms with Crippen LogP contribution in [0.15, 0.2) is 0 Å². The van der Waals surface area contributed by atoms with E-state index in [1.807, 2.05) is 48.5 Å². The number of urea groups is 1. The fourth-order valence-electron chi connectivity index (χ4n) is 7.31. The Morgan fingerprint density at radius 3 is 2.04 bits per heavy atom. The van der Waals surface area contributed by atoms with E-state index in [1.54, 1.807) is 0 Å². The number of carbonyl (C=O) groups is 6. The van der Waals surface area contributed by atoms with Crippen molar-refractivity contribution in [1.29, 1.82) is 0 Å². The van der Waals surface area contributed by atoms with Gasteiger partial charge >= 0.3 is 12.0 Å². The molecule has 5 N–H and O–H groups in total. The first-order chi connectivity index (χ1) is 21.2. The van der Waals surface area contributed by atoms with Crippen LogP contribution >= 0.6 is 0 Å².